The first kappa shape index (κ1) is 16.1. The highest BCUT2D eigenvalue weighted by atomic mass is 16.5. The Bertz CT molecular complexity index is 410. The van der Waals surface area contributed by atoms with Crippen LogP contribution < -0.4 is 10.1 Å². The lowest BCUT2D eigenvalue weighted by molar-refractivity contribution is 0.209. The number of ether oxygens (including phenoxy) is 1. The van der Waals surface area contributed by atoms with Crippen molar-refractivity contribution >= 4 is 0 Å². The largest absolute Gasteiger partial charge is 0.490 e. The molecule has 0 aromatic heterocycles. The molecule has 1 saturated heterocycles. The van der Waals surface area contributed by atoms with Crippen LogP contribution in [0.1, 0.15) is 31.7 Å². The van der Waals surface area contributed by atoms with Crippen LogP contribution in [0.2, 0.25) is 0 Å². The van der Waals surface area contributed by atoms with Gasteiger partial charge in [-0.2, -0.15) is 0 Å². The molecule has 3 heteroatoms. The third-order valence-corrected chi connectivity index (χ3v) is 3.93. The Labute approximate surface area is 129 Å². The summed E-state index contributed by atoms with van der Waals surface area (Å²) in [6, 6.07) is 8.82. The molecule has 0 radical (unpaired) electrons. The lowest BCUT2D eigenvalue weighted by Gasteiger charge is -2.29. The zero-order valence-electron chi connectivity index (χ0n) is 13.2. The quantitative estimate of drug-likeness (QED) is 0.743. The summed E-state index contributed by atoms with van der Waals surface area (Å²) < 4.78 is 5.49. The molecule has 1 atom stereocenters. The Kier molecular flexibility index (Phi) is 6.77. The molecule has 1 aromatic carbocycles. The fraction of sp³-hybridized carbons (Fsp3) is 0.556. The minimum atomic E-state index is 0.528. The molecule has 1 fully saturated rings. The second kappa shape index (κ2) is 8.85. The van der Waals surface area contributed by atoms with Gasteiger partial charge in [0.25, 0.3) is 0 Å². The Morgan fingerprint density at radius 2 is 1.95 bits per heavy atom. The van der Waals surface area contributed by atoms with Crippen molar-refractivity contribution < 1.29 is 4.74 Å². The minimum Gasteiger partial charge on any atom is -0.490 e. The highest BCUT2D eigenvalue weighted by molar-refractivity contribution is 5.27. The third-order valence-electron chi connectivity index (χ3n) is 3.93. The maximum absolute atomic E-state index is 5.49. The van der Waals surface area contributed by atoms with Gasteiger partial charge in [0.2, 0.25) is 0 Å². The van der Waals surface area contributed by atoms with E-state index in [1.165, 1.54) is 37.9 Å². The molecule has 0 bridgehead atoms. The van der Waals surface area contributed by atoms with Crippen LogP contribution in [0.25, 0.3) is 0 Å². The summed E-state index contributed by atoms with van der Waals surface area (Å²) in [5, 5.41) is 3.61. The van der Waals surface area contributed by atoms with Gasteiger partial charge in [0.05, 0.1) is 0 Å². The Morgan fingerprint density at radius 3 is 2.62 bits per heavy atom. The maximum atomic E-state index is 5.49. The lowest BCUT2D eigenvalue weighted by Crippen LogP contribution is -2.41. The van der Waals surface area contributed by atoms with Gasteiger partial charge in [0.1, 0.15) is 12.4 Å². The molecule has 1 N–H and O–H groups in total. The number of hydrogen-bond acceptors (Lipinski definition) is 3. The summed E-state index contributed by atoms with van der Waals surface area (Å²) in [5.41, 5.74) is 1.30. The van der Waals surface area contributed by atoms with Gasteiger partial charge in [0, 0.05) is 19.1 Å². The minimum absolute atomic E-state index is 0.528. The lowest BCUT2D eigenvalue weighted by atomic mass is 10.1. The number of nitrogens with zero attached hydrogens (tertiary/aromatic N) is 1. The smallest absolute Gasteiger partial charge is 0.119 e. The average Bonchev–Trinajstić information content (AvgIpc) is 2.53. The fourth-order valence-electron chi connectivity index (χ4n) is 2.74. The van der Waals surface area contributed by atoms with Gasteiger partial charge < -0.3 is 15.0 Å². The molecule has 21 heavy (non-hydrogen) atoms. The van der Waals surface area contributed by atoms with E-state index in [0.717, 1.165) is 18.8 Å². The van der Waals surface area contributed by atoms with Crippen molar-refractivity contribution in [3.63, 3.8) is 0 Å². The van der Waals surface area contributed by atoms with E-state index >= 15 is 0 Å². The van der Waals surface area contributed by atoms with Gasteiger partial charge in [-0.3, -0.25) is 0 Å². The number of nitrogens with one attached hydrogen (secondary N) is 1. The molecule has 2 rings (SSSR count). The summed E-state index contributed by atoms with van der Waals surface area (Å²) in [6.45, 7) is 11.1. The van der Waals surface area contributed by atoms with E-state index in [-0.39, 0.29) is 0 Å². The van der Waals surface area contributed by atoms with Crippen LogP contribution >= 0.6 is 0 Å². The molecular weight excluding hydrogens is 260 g/mol. The van der Waals surface area contributed by atoms with Gasteiger partial charge in [-0.1, -0.05) is 31.2 Å². The number of hydrogen-bond donors (Lipinski definition) is 1. The molecule has 0 amide bonds. The fourth-order valence-corrected chi connectivity index (χ4v) is 2.74. The van der Waals surface area contributed by atoms with Crippen molar-refractivity contribution in [2.24, 2.45) is 0 Å². The van der Waals surface area contributed by atoms with Crippen molar-refractivity contribution in [3.8, 4) is 5.75 Å². The Morgan fingerprint density at radius 1 is 1.24 bits per heavy atom. The highest BCUT2D eigenvalue weighted by Crippen LogP contribution is 2.12. The molecule has 0 spiro atoms. The molecule has 0 saturated carbocycles. The Balaban J connectivity index is 1.70. The van der Waals surface area contributed by atoms with Crippen LogP contribution in [0, 0.1) is 0 Å². The number of likely N-dealkylation sites (tertiary alicyclic amines) is 1. The van der Waals surface area contributed by atoms with Crippen molar-refractivity contribution in [1.82, 2.24) is 10.2 Å². The monoisotopic (exact) mass is 288 g/mol. The SMILES string of the molecule is C=CCOc1ccc(CNC(C)CN2CCCCC2)cc1. The molecule has 1 aliphatic heterocycles. The van der Waals surface area contributed by atoms with Gasteiger partial charge in [0.15, 0.2) is 0 Å². The van der Waals surface area contributed by atoms with Crippen LogP contribution in [0.15, 0.2) is 36.9 Å². The zero-order valence-corrected chi connectivity index (χ0v) is 13.2. The first-order valence-electron chi connectivity index (χ1n) is 8.06. The van der Waals surface area contributed by atoms with Crippen molar-refractivity contribution in [3.05, 3.63) is 42.5 Å². The van der Waals surface area contributed by atoms with Crippen molar-refractivity contribution in [2.45, 2.75) is 38.8 Å². The molecule has 1 unspecified atom stereocenters. The first-order valence-corrected chi connectivity index (χ1v) is 8.06. The number of piperidine rings is 1. The molecule has 1 heterocycles. The summed E-state index contributed by atoms with van der Waals surface area (Å²) in [4.78, 5) is 2.58. The van der Waals surface area contributed by atoms with E-state index in [0.29, 0.717) is 12.6 Å². The summed E-state index contributed by atoms with van der Waals surface area (Å²) in [7, 11) is 0. The first-order chi connectivity index (χ1) is 10.3. The number of benzene rings is 1. The molecule has 116 valence electrons. The second-order valence-corrected chi connectivity index (χ2v) is 5.89. The van der Waals surface area contributed by atoms with E-state index in [9.17, 15) is 0 Å². The zero-order chi connectivity index (χ0) is 14.9. The van der Waals surface area contributed by atoms with Gasteiger partial charge >= 0.3 is 0 Å². The topological polar surface area (TPSA) is 24.5 Å². The van der Waals surface area contributed by atoms with E-state index in [1.54, 1.807) is 6.08 Å². The maximum Gasteiger partial charge on any atom is 0.119 e. The van der Waals surface area contributed by atoms with Gasteiger partial charge in [-0.05, 0) is 50.6 Å². The van der Waals surface area contributed by atoms with E-state index in [4.69, 9.17) is 4.74 Å². The average molecular weight is 288 g/mol. The van der Waals surface area contributed by atoms with E-state index in [2.05, 4.69) is 35.9 Å². The molecule has 3 nitrogen and oxygen atoms in total. The molecular formula is C18H28N2O. The molecule has 1 aliphatic rings. The summed E-state index contributed by atoms with van der Waals surface area (Å²) in [5.74, 6) is 0.903. The van der Waals surface area contributed by atoms with Crippen LogP contribution in [0.4, 0.5) is 0 Å². The number of rotatable bonds is 8. The molecule has 1 aromatic rings. The van der Waals surface area contributed by atoms with Crippen LogP contribution in [0.3, 0.4) is 0 Å². The predicted molar refractivity (Wildman–Crippen MR) is 88.7 cm³/mol. The normalized spacial score (nSPS) is 17.4. The second-order valence-electron chi connectivity index (χ2n) is 5.89. The predicted octanol–water partition coefficient (Wildman–Crippen LogP) is 3.22. The van der Waals surface area contributed by atoms with E-state index < -0.39 is 0 Å². The van der Waals surface area contributed by atoms with Crippen molar-refractivity contribution in [2.75, 3.05) is 26.2 Å². The molecule has 0 aliphatic carbocycles. The standard InChI is InChI=1S/C18H28N2O/c1-3-13-21-18-9-7-17(8-10-18)14-19-16(2)15-20-11-5-4-6-12-20/h3,7-10,16,19H,1,4-6,11-15H2,2H3. The van der Waals surface area contributed by atoms with Crippen LogP contribution in [0.5, 0.6) is 5.75 Å². The highest BCUT2D eigenvalue weighted by Gasteiger charge is 2.12. The van der Waals surface area contributed by atoms with Crippen molar-refractivity contribution in [1.29, 1.82) is 0 Å². The summed E-state index contributed by atoms with van der Waals surface area (Å²) in [6.07, 6.45) is 5.88. The van der Waals surface area contributed by atoms with Gasteiger partial charge in [-0.25, -0.2) is 0 Å². The Hall–Kier alpha value is -1.32. The van der Waals surface area contributed by atoms with Crippen LogP contribution in [-0.2, 0) is 6.54 Å². The van der Waals surface area contributed by atoms with Crippen LogP contribution in [-0.4, -0.2) is 37.2 Å². The van der Waals surface area contributed by atoms with Gasteiger partial charge in [-0.15, -0.1) is 0 Å². The summed E-state index contributed by atoms with van der Waals surface area (Å²) >= 11 is 0. The van der Waals surface area contributed by atoms with E-state index in [1.807, 2.05) is 12.1 Å². The third kappa shape index (κ3) is 5.90.